The number of hydrogen-bond acceptors (Lipinski definition) is 3. The molecule has 4 nitrogen and oxygen atoms in total. The molecule has 0 atom stereocenters. The van der Waals surface area contributed by atoms with Crippen LogP contribution >= 0.6 is 0 Å². The molecule has 1 N–H and O–H groups in total. The van der Waals surface area contributed by atoms with Crippen molar-refractivity contribution in [2.24, 2.45) is 10.9 Å². The van der Waals surface area contributed by atoms with E-state index in [-0.39, 0.29) is 5.91 Å². The van der Waals surface area contributed by atoms with E-state index in [9.17, 15) is 9.59 Å². The van der Waals surface area contributed by atoms with Crippen LogP contribution in [0, 0.1) is 5.92 Å². The van der Waals surface area contributed by atoms with Gasteiger partial charge in [0.15, 0.2) is 0 Å². The highest BCUT2D eigenvalue weighted by atomic mass is 16.1. The predicted octanol–water partition coefficient (Wildman–Crippen LogP) is 5.35. The van der Waals surface area contributed by atoms with Gasteiger partial charge in [-0.05, 0) is 38.6 Å². The summed E-state index contributed by atoms with van der Waals surface area (Å²) < 4.78 is 0. The summed E-state index contributed by atoms with van der Waals surface area (Å²) in [7, 11) is 0. The summed E-state index contributed by atoms with van der Waals surface area (Å²) in [6.07, 6.45) is 13.7. The van der Waals surface area contributed by atoms with Crippen LogP contribution in [0.3, 0.4) is 0 Å². The highest BCUT2D eigenvalue weighted by molar-refractivity contribution is 5.78. The number of nitrogens with zero attached hydrogens (tertiary/aromatic N) is 1. The fourth-order valence-corrected chi connectivity index (χ4v) is 2.66. The van der Waals surface area contributed by atoms with Crippen molar-refractivity contribution in [2.45, 2.75) is 98.3 Å². The first-order valence-electron chi connectivity index (χ1n) is 10.2. The summed E-state index contributed by atoms with van der Waals surface area (Å²) in [4.78, 5) is 23.7. The van der Waals surface area contributed by atoms with Gasteiger partial charge in [0, 0.05) is 19.8 Å². The molecule has 0 spiro atoms. The van der Waals surface area contributed by atoms with E-state index in [1.54, 1.807) is 0 Å². The maximum atomic E-state index is 11.1. The van der Waals surface area contributed by atoms with E-state index in [1.807, 2.05) is 6.92 Å². The van der Waals surface area contributed by atoms with Crippen molar-refractivity contribution < 1.29 is 9.59 Å². The van der Waals surface area contributed by atoms with E-state index >= 15 is 0 Å². The number of ketones is 1. The second-order valence-corrected chi connectivity index (χ2v) is 6.80. The minimum atomic E-state index is -0.231. The second-order valence-electron chi connectivity index (χ2n) is 6.80. The molecule has 0 aromatic heterocycles. The minimum Gasteiger partial charge on any atom is -0.317 e. The van der Waals surface area contributed by atoms with Gasteiger partial charge in [0.05, 0.1) is 0 Å². The molecular formula is C21H42N2O2. The Morgan fingerprint density at radius 2 is 1.40 bits per heavy atom. The van der Waals surface area contributed by atoms with Gasteiger partial charge in [0.1, 0.15) is 5.78 Å². The summed E-state index contributed by atoms with van der Waals surface area (Å²) in [5, 5.41) is 3.28. The first kappa shape index (κ1) is 26.2. The van der Waals surface area contributed by atoms with E-state index in [4.69, 9.17) is 0 Å². The average molecular weight is 355 g/mol. The summed E-state index contributed by atoms with van der Waals surface area (Å²) in [6.45, 7) is 13.0. The van der Waals surface area contributed by atoms with Crippen LogP contribution in [-0.2, 0) is 9.59 Å². The van der Waals surface area contributed by atoms with Crippen LogP contribution in [0.2, 0.25) is 0 Å². The number of nitrogens with one attached hydrogen (secondary N) is 1. The smallest absolute Gasteiger partial charge is 0.241 e. The van der Waals surface area contributed by atoms with Gasteiger partial charge in [0.25, 0.3) is 0 Å². The lowest BCUT2D eigenvalue weighted by Gasteiger charge is -2.20. The van der Waals surface area contributed by atoms with Crippen molar-refractivity contribution in [3.8, 4) is 0 Å². The zero-order chi connectivity index (χ0) is 19.3. The van der Waals surface area contributed by atoms with Crippen LogP contribution in [0.1, 0.15) is 98.3 Å². The number of Topliss-reactive ketones (excluding diaryl/α,β-unsaturated/α-hetero) is 1. The predicted molar refractivity (Wildman–Crippen MR) is 109 cm³/mol. The Morgan fingerprint density at radius 1 is 0.960 bits per heavy atom. The Hall–Kier alpha value is -1.03. The van der Waals surface area contributed by atoms with Gasteiger partial charge in [-0.1, -0.05) is 65.7 Å². The zero-order valence-corrected chi connectivity index (χ0v) is 17.2. The maximum absolute atomic E-state index is 11.1. The molecule has 1 heterocycles. The third-order valence-electron chi connectivity index (χ3n) is 4.07. The van der Waals surface area contributed by atoms with E-state index in [0.717, 1.165) is 18.8 Å². The van der Waals surface area contributed by atoms with Gasteiger partial charge < -0.3 is 5.32 Å². The van der Waals surface area contributed by atoms with Crippen molar-refractivity contribution >= 4 is 18.4 Å². The number of carbonyl (C=O) groups excluding carboxylic acids is 2. The molecule has 2 fully saturated rings. The molecule has 1 amide bonds. The minimum absolute atomic E-state index is 0.231. The van der Waals surface area contributed by atoms with Crippen molar-refractivity contribution in [1.82, 2.24) is 5.32 Å². The molecule has 1 aliphatic heterocycles. The molecular weight excluding hydrogens is 312 g/mol. The Kier molecular flexibility index (Phi) is 22.0. The molecule has 148 valence electrons. The fourth-order valence-electron chi connectivity index (χ4n) is 2.66. The van der Waals surface area contributed by atoms with Crippen molar-refractivity contribution in [1.29, 1.82) is 0 Å². The van der Waals surface area contributed by atoms with Crippen LogP contribution in [0.4, 0.5) is 0 Å². The standard InChI is InChI=1S/C10H18O.C5H11N.C3H5NO.C3H8/c1-2-10(11)8-9-6-4-3-5-7-9;1-2-4-6-5-3-1;1-3(5)4-2;1-3-2/h9H,2-8H2,1H3;6H,1-5H2;2H2,1H3;3H2,1-2H3. The average Bonchev–Trinajstić information content (AvgIpc) is 2.65. The number of carbonyl (C=O) groups is 2. The van der Waals surface area contributed by atoms with Crippen LogP contribution < -0.4 is 5.32 Å². The fraction of sp³-hybridized carbons (Fsp3) is 0.857. The zero-order valence-electron chi connectivity index (χ0n) is 17.2. The second kappa shape index (κ2) is 21.0. The highest BCUT2D eigenvalue weighted by Gasteiger charge is 2.15. The van der Waals surface area contributed by atoms with Crippen LogP contribution in [0.15, 0.2) is 4.99 Å². The molecule has 0 aromatic rings. The van der Waals surface area contributed by atoms with E-state index in [1.165, 1.54) is 77.8 Å². The molecule has 1 aliphatic carbocycles. The lowest BCUT2D eigenvalue weighted by Crippen LogP contribution is -2.21. The van der Waals surface area contributed by atoms with Crippen molar-refractivity contribution in [2.75, 3.05) is 13.1 Å². The van der Waals surface area contributed by atoms with E-state index in [2.05, 4.69) is 30.9 Å². The summed E-state index contributed by atoms with van der Waals surface area (Å²) >= 11 is 0. The molecule has 4 heteroatoms. The lowest BCUT2D eigenvalue weighted by atomic mass is 9.85. The van der Waals surface area contributed by atoms with Gasteiger partial charge in [0.2, 0.25) is 5.91 Å². The number of amides is 1. The van der Waals surface area contributed by atoms with Crippen molar-refractivity contribution in [3.05, 3.63) is 0 Å². The van der Waals surface area contributed by atoms with Gasteiger partial charge in [-0.15, -0.1) is 0 Å². The quantitative estimate of drug-likeness (QED) is 0.695. The first-order valence-corrected chi connectivity index (χ1v) is 10.2. The number of piperidine rings is 1. The van der Waals surface area contributed by atoms with E-state index < -0.39 is 0 Å². The van der Waals surface area contributed by atoms with Crippen molar-refractivity contribution in [3.63, 3.8) is 0 Å². The van der Waals surface area contributed by atoms with Gasteiger partial charge in [-0.25, -0.2) is 4.99 Å². The van der Waals surface area contributed by atoms with Gasteiger partial charge >= 0.3 is 0 Å². The summed E-state index contributed by atoms with van der Waals surface area (Å²) in [6, 6.07) is 0. The summed E-state index contributed by atoms with van der Waals surface area (Å²) in [5.74, 6) is 0.957. The molecule has 0 radical (unpaired) electrons. The SMILES string of the molecule is C1CCNCC1.C=NC(C)=O.CCC.CCC(=O)CC1CCCCC1. The molecule has 25 heavy (non-hydrogen) atoms. The maximum Gasteiger partial charge on any atom is 0.241 e. The number of rotatable bonds is 3. The van der Waals surface area contributed by atoms with Crippen LogP contribution in [-0.4, -0.2) is 31.5 Å². The molecule has 2 rings (SSSR count). The van der Waals surface area contributed by atoms with Crippen LogP contribution in [0.5, 0.6) is 0 Å². The molecule has 0 aromatic carbocycles. The Balaban J connectivity index is 0. The molecule has 1 saturated carbocycles. The third kappa shape index (κ3) is 23.0. The first-order chi connectivity index (χ1) is 12.0. The molecule has 0 bridgehead atoms. The van der Waals surface area contributed by atoms with Gasteiger partial charge in [-0.2, -0.15) is 0 Å². The monoisotopic (exact) mass is 354 g/mol. The lowest BCUT2D eigenvalue weighted by molar-refractivity contribution is -0.120. The Morgan fingerprint density at radius 3 is 1.68 bits per heavy atom. The van der Waals surface area contributed by atoms with Crippen LogP contribution in [0.25, 0.3) is 0 Å². The summed E-state index contributed by atoms with van der Waals surface area (Å²) in [5.41, 5.74) is 0. The largest absolute Gasteiger partial charge is 0.317 e. The Labute approximate surface area is 156 Å². The highest BCUT2D eigenvalue weighted by Crippen LogP contribution is 2.26. The molecule has 0 unspecified atom stereocenters. The third-order valence-corrected chi connectivity index (χ3v) is 4.07. The molecule has 1 saturated heterocycles. The number of aliphatic imine (C=N–C) groups is 1. The number of hydrogen-bond donors (Lipinski definition) is 1. The Bertz CT molecular complexity index is 308. The topological polar surface area (TPSA) is 58.5 Å². The molecule has 2 aliphatic rings. The van der Waals surface area contributed by atoms with E-state index in [0.29, 0.717) is 5.78 Å². The van der Waals surface area contributed by atoms with Gasteiger partial charge in [-0.3, -0.25) is 9.59 Å². The normalized spacial score (nSPS) is 16.6.